The Morgan fingerprint density at radius 2 is 2.04 bits per heavy atom. The smallest absolute Gasteiger partial charge is 0.288 e. The highest BCUT2D eigenvalue weighted by atomic mass is 19.1. The molecule has 3 aromatic rings. The van der Waals surface area contributed by atoms with Crippen LogP contribution in [0.5, 0.6) is 5.75 Å². The standard InChI is InChI=1S/C19H18FNO4/c1-11-15-9-13(20)6-7-16(15)25-17(11)18(24)21-19(2,10-22)12-4-3-5-14(23)8-12/h3-9,22-23H,10H2,1-2H3,(H,21,24). The van der Waals surface area contributed by atoms with E-state index in [1.807, 2.05) is 0 Å². The first kappa shape index (κ1) is 17.0. The van der Waals surface area contributed by atoms with Crippen molar-refractivity contribution >= 4 is 16.9 Å². The fourth-order valence-electron chi connectivity index (χ4n) is 2.77. The number of phenolic OH excluding ortho intramolecular Hbond substituents is 1. The van der Waals surface area contributed by atoms with Crippen molar-refractivity contribution in [2.45, 2.75) is 19.4 Å². The Kier molecular flexibility index (Phi) is 4.22. The van der Waals surface area contributed by atoms with Gasteiger partial charge in [-0.15, -0.1) is 0 Å². The number of rotatable bonds is 4. The summed E-state index contributed by atoms with van der Waals surface area (Å²) in [7, 11) is 0. The van der Waals surface area contributed by atoms with Crippen molar-refractivity contribution in [3.63, 3.8) is 0 Å². The molecule has 0 radical (unpaired) electrons. The van der Waals surface area contributed by atoms with Gasteiger partial charge in [-0.25, -0.2) is 4.39 Å². The van der Waals surface area contributed by atoms with Crippen LogP contribution < -0.4 is 5.32 Å². The summed E-state index contributed by atoms with van der Waals surface area (Å²) in [5, 5.41) is 22.7. The Morgan fingerprint density at radius 3 is 2.72 bits per heavy atom. The molecule has 2 aromatic carbocycles. The van der Waals surface area contributed by atoms with Crippen molar-refractivity contribution in [3.8, 4) is 5.75 Å². The number of nitrogens with one attached hydrogen (secondary N) is 1. The molecule has 0 bridgehead atoms. The summed E-state index contributed by atoms with van der Waals surface area (Å²) >= 11 is 0. The van der Waals surface area contributed by atoms with E-state index in [1.165, 1.54) is 30.3 Å². The van der Waals surface area contributed by atoms with Crippen molar-refractivity contribution in [3.05, 3.63) is 65.2 Å². The number of aryl methyl sites for hydroxylation is 1. The lowest BCUT2D eigenvalue weighted by atomic mass is 9.92. The minimum atomic E-state index is -1.12. The molecule has 0 aliphatic heterocycles. The van der Waals surface area contributed by atoms with Gasteiger partial charge in [0.05, 0.1) is 12.1 Å². The fraction of sp³-hybridized carbons (Fsp3) is 0.211. The Balaban J connectivity index is 1.96. The first-order chi connectivity index (χ1) is 11.8. The van der Waals surface area contributed by atoms with E-state index in [1.54, 1.807) is 26.0 Å². The number of hydrogen-bond donors (Lipinski definition) is 3. The number of carbonyl (C=O) groups excluding carboxylic acids is 1. The highest BCUT2D eigenvalue weighted by molar-refractivity contribution is 5.99. The summed E-state index contributed by atoms with van der Waals surface area (Å²) in [6.45, 7) is 2.93. The van der Waals surface area contributed by atoms with Crippen LogP contribution in [0.2, 0.25) is 0 Å². The average molecular weight is 343 g/mol. The molecule has 1 aromatic heterocycles. The van der Waals surface area contributed by atoms with Crippen LogP contribution in [0.4, 0.5) is 4.39 Å². The molecule has 5 nitrogen and oxygen atoms in total. The molecule has 0 fully saturated rings. The van der Waals surface area contributed by atoms with Crippen LogP contribution in [0.3, 0.4) is 0 Å². The second kappa shape index (κ2) is 6.22. The molecule has 1 heterocycles. The van der Waals surface area contributed by atoms with E-state index in [0.717, 1.165) is 0 Å². The van der Waals surface area contributed by atoms with Gasteiger partial charge in [-0.1, -0.05) is 12.1 Å². The number of aromatic hydroxyl groups is 1. The first-order valence-electron chi connectivity index (χ1n) is 7.75. The van der Waals surface area contributed by atoms with E-state index in [9.17, 15) is 19.4 Å². The third-order valence-electron chi connectivity index (χ3n) is 4.29. The number of amides is 1. The molecule has 1 unspecified atom stereocenters. The molecular formula is C19H18FNO4. The molecule has 0 aliphatic rings. The van der Waals surface area contributed by atoms with Gasteiger partial charge >= 0.3 is 0 Å². The van der Waals surface area contributed by atoms with Gasteiger partial charge in [0.15, 0.2) is 5.76 Å². The molecular weight excluding hydrogens is 325 g/mol. The predicted octanol–water partition coefficient (Wildman–Crippen LogP) is 3.22. The zero-order valence-corrected chi connectivity index (χ0v) is 13.8. The minimum absolute atomic E-state index is 0.0295. The van der Waals surface area contributed by atoms with Gasteiger partial charge in [0.25, 0.3) is 5.91 Å². The number of halogens is 1. The Bertz CT molecular complexity index is 950. The lowest BCUT2D eigenvalue weighted by Gasteiger charge is -2.29. The second-order valence-electron chi connectivity index (χ2n) is 6.19. The third-order valence-corrected chi connectivity index (χ3v) is 4.29. The largest absolute Gasteiger partial charge is 0.508 e. The van der Waals surface area contributed by atoms with Crippen LogP contribution in [0, 0.1) is 12.7 Å². The molecule has 1 amide bonds. The van der Waals surface area contributed by atoms with Crippen LogP contribution in [0.1, 0.15) is 28.6 Å². The predicted molar refractivity (Wildman–Crippen MR) is 90.9 cm³/mol. The monoisotopic (exact) mass is 343 g/mol. The Labute approximate surface area is 143 Å². The van der Waals surface area contributed by atoms with Gasteiger partial charge in [-0.05, 0) is 49.7 Å². The molecule has 25 heavy (non-hydrogen) atoms. The zero-order valence-electron chi connectivity index (χ0n) is 13.8. The normalized spacial score (nSPS) is 13.6. The third kappa shape index (κ3) is 3.08. The number of furan rings is 1. The lowest BCUT2D eigenvalue weighted by Crippen LogP contribution is -2.46. The van der Waals surface area contributed by atoms with E-state index in [2.05, 4.69) is 5.32 Å². The number of benzene rings is 2. The summed E-state index contributed by atoms with van der Waals surface area (Å²) in [6, 6.07) is 10.3. The minimum Gasteiger partial charge on any atom is -0.508 e. The van der Waals surface area contributed by atoms with Gasteiger partial charge in [-0.3, -0.25) is 4.79 Å². The number of aliphatic hydroxyl groups excluding tert-OH is 1. The fourth-order valence-corrected chi connectivity index (χ4v) is 2.77. The van der Waals surface area contributed by atoms with Crippen LogP contribution in [-0.2, 0) is 5.54 Å². The van der Waals surface area contributed by atoms with Crippen molar-refractivity contribution in [1.29, 1.82) is 0 Å². The highest BCUT2D eigenvalue weighted by Crippen LogP contribution is 2.28. The Hall–Kier alpha value is -2.86. The number of fused-ring (bicyclic) bond motifs is 1. The van der Waals surface area contributed by atoms with Crippen LogP contribution in [0.15, 0.2) is 46.9 Å². The summed E-state index contributed by atoms with van der Waals surface area (Å²) in [5.41, 5.74) is 0.352. The molecule has 0 aliphatic carbocycles. The number of carbonyl (C=O) groups is 1. The highest BCUT2D eigenvalue weighted by Gasteiger charge is 2.31. The van der Waals surface area contributed by atoms with Crippen LogP contribution in [-0.4, -0.2) is 22.7 Å². The second-order valence-corrected chi connectivity index (χ2v) is 6.19. The number of aliphatic hydroxyl groups is 1. The SMILES string of the molecule is Cc1c(C(=O)NC(C)(CO)c2cccc(O)c2)oc2ccc(F)cc12. The topological polar surface area (TPSA) is 82.7 Å². The van der Waals surface area contributed by atoms with Gasteiger partial charge in [0.2, 0.25) is 0 Å². The maximum atomic E-state index is 13.4. The first-order valence-corrected chi connectivity index (χ1v) is 7.75. The van der Waals surface area contributed by atoms with E-state index in [4.69, 9.17) is 4.42 Å². The molecule has 130 valence electrons. The van der Waals surface area contributed by atoms with Gasteiger partial charge in [0.1, 0.15) is 17.1 Å². The van der Waals surface area contributed by atoms with E-state index >= 15 is 0 Å². The van der Waals surface area contributed by atoms with Crippen molar-refractivity contribution in [1.82, 2.24) is 5.32 Å². The summed E-state index contributed by atoms with van der Waals surface area (Å²) in [5.74, 6) is -0.862. The van der Waals surface area contributed by atoms with E-state index in [-0.39, 0.29) is 18.1 Å². The Morgan fingerprint density at radius 1 is 1.28 bits per heavy atom. The number of hydrogen-bond acceptors (Lipinski definition) is 4. The van der Waals surface area contributed by atoms with Crippen molar-refractivity contribution in [2.75, 3.05) is 6.61 Å². The maximum Gasteiger partial charge on any atom is 0.288 e. The van der Waals surface area contributed by atoms with Crippen molar-refractivity contribution in [2.24, 2.45) is 0 Å². The van der Waals surface area contributed by atoms with Gasteiger partial charge in [-0.2, -0.15) is 0 Å². The summed E-state index contributed by atoms with van der Waals surface area (Å²) in [4.78, 5) is 12.7. The number of phenols is 1. The van der Waals surface area contributed by atoms with E-state index < -0.39 is 17.3 Å². The van der Waals surface area contributed by atoms with Crippen LogP contribution in [0.25, 0.3) is 11.0 Å². The summed E-state index contributed by atoms with van der Waals surface area (Å²) < 4.78 is 19.0. The van der Waals surface area contributed by atoms with Gasteiger partial charge < -0.3 is 19.9 Å². The maximum absolute atomic E-state index is 13.4. The molecule has 0 spiro atoms. The van der Waals surface area contributed by atoms with E-state index in [0.29, 0.717) is 22.1 Å². The van der Waals surface area contributed by atoms with Crippen molar-refractivity contribution < 1.29 is 23.8 Å². The van der Waals surface area contributed by atoms with Gasteiger partial charge in [0, 0.05) is 10.9 Å². The molecule has 6 heteroatoms. The molecule has 0 saturated carbocycles. The summed E-state index contributed by atoms with van der Waals surface area (Å²) in [6.07, 6.45) is 0. The lowest BCUT2D eigenvalue weighted by molar-refractivity contribution is 0.0822. The molecule has 1 atom stereocenters. The van der Waals surface area contributed by atoms with Crippen LogP contribution >= 0.6 is 0 Å². The molecule has 3 N–H and O–H groups in total. The zero-order chi connectivity index (χ0) is 18.2. The average Bonchev–Trinajstić information content (AvgIpc) is 2.91. The quantitative estimate of drug-likeness (QED) is 0.679. The molecule has 3 rings (SSSR count). The molecule has 0 saturated heterocycles.